The number of nitrogens with zero attached hydrogens (tertiary/aromatic N) is 2. The van der Waals surface area contributed by atoms with E-state index >= 15 is 0 Å². The number of carbonyl (C=O) groups is 3. The third-order valence-electron chi connectivity index (χ3n) is 8.58. The van der Waals surface area contributed by atoms with Gasteiger partial charge in [0.1, 0.15) is 23.5 Å². The number of carbonyl (C=O) groups excluding carboxylic acids is 3. The molecule has 1 aromatic carbocycles. The average molecular weight is 542 g/mol. The summed E-state index contributed by atoms with van der Waals surface area (Å²) in [4.78, 5) is 44.1. The molecule has 3 amide bonds. The minimum atomic E-state index is -2.75. The number of aromatic nitrogens is 1. The van der Waals surface area contributed by atoms with E-state index in [9.17, 15) is 28.4 Å². The van der Waals surface area contributed by atoms with Crippen molar-refractivity contribution in [1.82, 2.24) is 20.5 Å². The summed E-state index contributed by atoms with van der Waals surface area (Å²) < 4.78 is 33.5. The number of halogens is 2. The van der Waals surface area contributed by atoms with Crippen molar-refractivity contribution in [3.8, 4) is 11.8 Å². The molecule has 1 aliphatic carbocycles. The molecule has 1 aromatic heterocycles. The van der Waals surface area contributed by atoms with E-state index in [1.54, 1.807) is 18.2 Å². The smallest absolute Gasteiger partial charge is 0.271 e. The molecule has 3 N–H and O–H groups in total. The third-order valence-corrected chi connectivity index (χ3v) is 8.58. The van der Waals surface area contributed by atoms with Crippen LogP contribution in [0.5, 0.6) is 5.75 Å². The maximum atomic E-state index is 14.0. The Hall–Kier alpha value is -3.68. The first kappa shape index (κ1) is 26.9. The van der Waals surface area contributed by atoms with Crippen LogP contribution in [-0.4, -0.2) is 65.8 Å². The van der Waals surface area contributed by atoms with Crippen LogP contribution >= 0.6 is 0 Å². The second kappa shape index (κ2) is 10.5. The number of methoxy groups -OCH3 is 1. The highest BCUT2D eigenvalue weighted by Crippen LogP contribution is 2.50. The zero-order valence-corrected chi connectivity index (χ0v) is 21.9. The van der Waals surface area contributed by atoms with Crippen molar-refractivity contribution in [3.63, 3.8) is 0 Å². The van der Waals surface area contributed by atoms with Crippen LogP contribution in [0.2, 0.25) is 0 Å². The molecule has 3 fully saturated rings. The van der Waals surface area contributed by atoms with Crippen LogP contribution in [0.4, 0.5) is 8.78 Å². The molecule has 0 radical (unpaired) electrons. The fourth-order valence-corrected chi connectivity index (χ4v) is 6.34. The fourth-order valence-electron chi connectivity index (χ4n) is 6.34. The van der Waals surface area contributed by atoms with Crippen molar-refractivity contribution in [2.24, 2.45) is 11.3 Å². The second-order valence-corrected chi connectivity index (χ2v) is 11.2. The number of nitrogens with one attached hydrogen (secondary N) is 3. The summed E-state index contributed by atoms with van der Waals surface area (Å²) >= 11 is 0. The molecular weight excluding hydrogens is 508 g/mol. The summed E-state index contributed by atoms with van der Waals surface area (Å²) in [5, 5.41) is 16.0. The fraction of sp³-hybridized carbons (Fsp3) is 0.571. The number of hydrogen-bond acceptors (Lipinski definition) is 5. The maximum absolute atomic E-state index is 14.0. The highest BCUT2D eigenvalue weighted by molar-refractivity contribution is 6.02. The van der Waals surface area contributed by atoms with Crippen LogP contribution in [0, 0.1) is 22.7 Å². The first-order valence-corrected chi connectivity index (χ1v) is 13.5. The molecule has 9 nitrogen and oxygen atoms in total. The van der Waals surface area contributed by atoms with Crippen LogP contribution in [0.25, 0.3) is 10.9 Å². The van der Waals surface area contributed by atoms with Gasteiger partial charge in [-0.3, -0.25) is 14.4 Å². The zero-order valence-electron chi connectivity index (χ0n) is 21.9. The molecule has 39 heavy (non-hydrogen) atoms. The van der Waals surface area contributed by atoms with Crippen molar-refractivity contribution >= 4 is 28.6 Å². The SMILES string of the molecule is COc1cccc2[nH]c(C(=O)N3CC4(CCC(F)(F)CC4)CC3C(=O)NC(C#N)CC3CCCNC3=O)cc12. The van der Waals surface area contributed by atoms with E-state index in [-0.39, 0.29) is 62.6 Å². The van der Waals surface area contributed by atoms with Gasteiger partial charge in [-0.05, 0) is 62.1 Å². The van der Waals surface area contributed by atoms with Gasteiger partial charge in [0.2, 0.25) is 17.7 Å². The van der Waals surface area contributed by atoms with E-state index in [0.717, 1.165) is 6.42 Å². The van der Waals surface area contributed by atoms with Crippen LogP contribution in [0.3, 0.4) is 0 Å². The van der Waals surface area contributed by atoms with Crippen molar-refractivity contribution in [3.05, 3.63) is 30.0 Å². The Labute approximate surface area is 225 Å². The molecule has 1 spiro atoms. The Morgan fingerprint density at radius 3 is 2.74 bits per heavy atom. The summed E-state index contributed by atoms with van der Waals surface area (Å²) in [6.45, 7) is 0.771. The van der Waals surface area contributed by atoms with E-state index in [2.05, 4.69) is 21.7 Å². The molecule has 208 valence electrons. The first-order valence-electron chi connectivity index (χ1n) is 13.5. The number of rotatable bonds is 6. The largest absolute Gasteiger partial charge is 0.496 e. The number of aromatic amines is 1. The van der Waals surface area contributed by atoms with E-state index < -0.39 is 35.2 Å². The Morgan fingerprint density at radius 1 is 1.28 bits per heavy atom. The monoisotopic (exact) mass is 541 g/mol. The minimum absolute atomic E-state index is 0.134. The molecule has 3 heterocycles. The van der Waals surface area contributed by atoms with Gasteiger partial charge in [0.05, 0.1) is 13.2 Å². The number of benzene rings is 1. The number of likely N-dealkylation sites (tertiary alicyclic amines) is 1. The van der Waals surface area contributed by atoms with Gasteiger partial charge >= 0.3 is 0 Å². The molecule has 3 unspecified atom stereocenters. The van der Waals surface area contributed by atoms with Crippen molar-refractivity contribution in [2.75, 3.05) is 20.2 Å². The maximum Gasteiger partial charge on any atom is 0.271 e. The van der Waals surface area contributed by atoms with Crippen molar-refractivity contribution < 1.29 is 27.9 Å². The van der Waals surface area contributed by atoms with Gasteiger partial charge in [0.25, 0.3) is 5.91 Å². The number of nitriles is 1. The van der Waals surface area contributed by atoms with Gasteiger partial charge in [0.15, 0.2) is 0 Å². The lowest BCUT2D eigenvalue weighted by Crippen LogP contribution is -2.49. The second-order valence-electron chi connectivity index (χ2n) is 11.2. The molecular formula is C28H33F2N5O4. The Kier molecular flexibility index (Phi) is 7.23. The number of fused-ring (bicyclic) bond motifs is 1. The van der Waals surface area contributed by atoms with E-state index in [1.165, 1.54) is 12.0 Å². The highest BCUT2D eigenvalue weighted by Gasteiger charge is 2.53. The standard InChI is InChI=1S/C28H33F2N5O4/c1-39-23-6-2-5-20-19(23)13-21(34-20)26(38)35-16-27(7-9-28(29,30)10-8-27)14-22(35)25(37)33-18(15-31)12-17-4-3-11-32-24(17)36/h2,5-6,13,17-18,22,34H,3-4,7-12,14,16H2,1H3,(H,32,36)(H,33,37). The van der Waals surface area contributed by atoms with Crippen LogP contribution < -0.4 is 15.4 Å². The number of hydrogen-bond donors (Lipinski definition) is 3. The predicted octanol–water partition coefficient (Wildman–Crippen LogP) is 3.51. The molecule has 2 aliphatic heterocycles. The van der Waals surface area contributed by atoms with Gasteiger partial charge in [-0.15, -0.1) is 0 Å². The molecule has 2 aromatic rings. The van der Waals surface area contributed by atoms with E-state index in [4.69, 9.17) is 4.74 Å². The molecule has 0 bridgehead atoms. The molecule has 3 atom stereocenters. The molecule has 11 heteroatoms. The van der Waals surface area contributed by atoms with E-state index in [0.29, 0.717) is 29.6 Å². The van der Waals surface area contributed by atoms with Crippen molar-refractivity contribution in [1.29, 1.82) is 5.26 Å². The van der Waals surface area contributed by atoms with Gasteiger partial charge in [0, 0.05) is 42.8 Å². The summed E-state index contributed by atoms with van der Waals surface area (Å²) in [6.07, 6.45) is 1.69. The van der Waals surface area contributed by atoms with Crippen molar-refractivity contribution in [2.45, 2.75) is 69.4 Å². The lowest BCUT2D eigenvalue weighted by atomic mass is 9.71. The summed E-state index contributed by atoms with van der Waals surface area (Å²) in [5.74, 6) is -3.59. The summed E-state index contributed by atoms with van der Waals surface area (Å²) in [6, 6.07) is 7.31. The van der Waals surface area contributed by atoms with Crippen LogP contribution in [-0.2, 0) is 9.59 Å². The predicted molar refractivity (Wildman–Crippen MR) is 138 cm³/mol. The van der Waals surface area contributed by atoms with Crippen LogP contribution in [0.1, 0.15) is 61.9 Å². The third kappa shape index (κ3) is 5.42. The van der Waals surface area contributed by atoms with Gasteiger partial charge in [-0.1, -0.05) is 6.07 Å². The average Bonchev–Trinajstić information content (AvgIpc) is 3.53. The Balaban J connectivity index is 1.39. The summed E-state index contributed by atoms with van der Waals surface area (Å²) in [7, 11) is 1.54. The lowest BCUT2D eigenvalue weighted by molar-refractivity contribution is -0.128. The lowest BCUT2D eigenvalue weighted by Gasteiger charge is -2.36. The van der Waals surface area contributed by atoms with Gasteiger partial charge < -0.3 is 25.3 Å². The normalized spacial score (nSPS) is 24.7. The van der Waals surface area contributed by atoms with Gasteiger partial charge in [-0.2, -0.15) is 5.26 Å². The number of H-pyrrole nitrogens is 1. The minimum Gasteiger partial charge on any atom is -0.496 e. The topological polar surface area (TPSA) is 127 Å². The quantitative estimate of drug-likeness (QED) is 0.516. The Bertz CT molecular complexity index is 1310. The van der Waals surface area contributed by atoms with E-state index in [1.807, 2.05) is 6.07 Å². The zero-order chi connectivity index (χ0) is 27.8. The number of amides is 3. The molecule has 5 rings (SSSR count). The number of piperidine rings is 1. The van der Waals surface area contributed by atoms with Gasteiger partial charge in [-0.25, -0.2) is 8.78 Å². The molecule has 2 saturated heterocycles. The molecule has 3 aliphatic rings. The molecule has 1 saturated carbocycles. The Morgan fingerprint density at radius 2 is 2.05 bits per heavy atom. The number of ether oxygens (including phenoxy) is 1. The van der Waals surface area contributed by atoms with Crippen LogP contribution in [0.15, 0.2) is 24.3 Å². The number of alkyl halides is 2. The highest BCUT2D eigenvalue weighted by atomic mass is 19.3. The first-order chi connectivity index (χ1) is 18.6. The summed E-state index contributed by atoms with van der Waals surface area (Å²) in [5.41, 5.74) is 0.357.